The topological polar surface area (TPSA) is 58.9 Å². The van der Waals surface area contributed by atoms with Gasteiger partial charge in [-0.25, -0.2) is 0 Å². The molecule has 0 spiro atoms. The summed E-state index contributed by atoms with van der Waals surface area (Å²) in [4.78, 5) is 15.4. The van der Waals surface area contributed by atoms with Gasteiger partial charge in [0.15, 0.2) is 4.77 Å². The lowest BCUT2D eigenvalue weighted by molar-refractivity contribution is 0.0712. The molecule has 2 aromatic heterocycles. The van der Waals surface area contributed by atoms with E-state index < -0.39 is 0 Å². The number of aromatic amines is 1. The minimum absolute atomic E-state index is 0.108. The van der Waals surface area contributed by atoms with Gasteiger partial charge in [-0.3, -0.25) is 9.89 Å². The minimum Gasteiger partial charge on any atom is -0.342 e. The number of aromatic nitrogens is 4. The highest BCUT2D eigenvalue weighted by Gasteiger charge is 2.28. The third-order valence-electron chi connectivity index (χ3n) is 6.28. The minimum atomic E-state index is 0.108. The molecular weight excluding hydrogens is 406 g/mol. The van der Waals surface area contributed by atoms with Crippen molar-refractivity contribution in [1.82, 2.24) is 24.2 Å². The molecule has 3 heterocycles. The van der Waals surface area contributed by atoms with Crippen LogP contribution < -0.4 is 0 Å². The van der Waals surface area contributed by atoms with Crippen molar-refractivity contribution in [3.05, 3.63) is 82.5 Å². The van der Waals surface area contributed by atoms with Gasteiger partial charge in [-0.05, 0) is 36.7 Å². The standard InChI is InChI=1S/C24H25N5OS/c1-27-22(25-26-24(27)31)18-11-13-28(14-12-18)23(30)20-16-29(15-17-7-3-2-4-8-17)21-10-6-5-9-19(20)21/h2-10,16,18H,11-15H2,1H3,(H,26,31). The van der Waals surface area contributed by atoms with Gasteiger partial charge in [-0.2, -0.15) is 5.10 Å². The van der Waals surface area contributed by atoms with E-state index in [-0.39, 0.29) is 5.91 Å². The van der Waals surface area contributed by atoms with Crippen molar-refractivity contribution in [2.75, 3.05) is 13.1 Å². The van der Waals surface area contributed by atoms with Crippen LogP contribution in [0.25, 0.3) is 10.9 Å². The van der Waals surface area contributed by atoms with Gasteiger partial charge in [0.05, 0.1) is 5.56 Å². The van der Waals surface area contributed by atoms with E-state index in [2.05, 4.69) is 33.0 Å². The van der Waals surface area contributed by atoms with Crippen LogP contribution in [-0.2, 0) is 13.6 Å². The van der Waals surface area contributed by atoms with E-state index >= 15 is 0 Å². The third-order valence-corrected chi connectivity index (χ3v) is 6.64. The smallest absolute Gasteiger partial charge is 0.256 e. The van der Waals surface area contributed by atoms with Gasteiger partial charge >= 0.3 is 0 Å². The van der Waals surface area contributed by atoms with Gasteiger partial charge in [0.25, 0.3) is 5.91 Å². The molecule has 1 N–H and O–H groups in total. The molecule has 1 aliphatic heterocycles. The monoisotopic (exact) mass is 431 g/mol. The van der Waals surface area contributed by atoms with E-state index in [4.69, 9.17) is 12.2 Å². The van der Waals surface area contributed by atoms with Crippen LogP contribution in [0.3, 0.4) is 0 Å². The van der Waals surface area contributed by atoms with E-state index in [1.807, 2.05) is 59.1 Å². The van der Waals surface area contributed by atoms with Crippen LogP contribution in [0.5, 0.6) is 0 Å². The fourth-order valence-electron chi connectivity index (χ4n) is 4.56. The number of likely N-dealkylation sites (tertiary alicyclic amines) is 1. The summed E-state index contributed by atoms with van der Waals surface area (Å²) >= 11 is 5.24. The number of nitrogens with one attached hydrogen (secondary N) is 1. The zero-order chi connectivity index (χ0) is 21.4. The Balaban J connectivity index is 1.38. The highest BCUT2D eigenvalue weighted by molar-refractivity contribution is 7.71. The molecule has 0 unspecified atom stereocenters. The molecule has 1 aliphatic rings. The largest absolute Gasteiger partial charge is 0.342 e. The molecule has 0 radical (unpaired) electrons. The quantitative estimate of drug-likeness (QED) is 0.484. The first-order valence-corrected chi connectivity index (χ1v) is 11.0. The highest BCUT2D eigenvalue weighted by atomic mass is 32.1. The number of carbonyl (C=O) groups is 1. The van der Waals surface area contributed by atoms with E-state index in [1.165, 1.54) is 5.56 Å². The second-order valence-electron chi connectivity index (χ2n) is 8.19. The normalized spacial score (nSPS) is 14.9. The first-order chi connectivity index (χ1) is 15.1. The molecule has 0 bridgehead atoms. The predicted octanol–water partition coefficient (Wildman–Crippen LogP) is 4.50. The highest BCUT2D eigenvalue weighted by Crippen LogP contribution is 2.29. The number of benzene rings is 2. The molecule has 7 heteroatoms. The van der Waals surface area contributed by atoms with Gasteiger partial charge < -0.3 is 14.0 Å². The summed E-state index contributed by atoms with van der Waals surface area (Å²) in [6, 6.07) is 18.5. The Morgan fingerprint density at radius 1 is 1.10 bits per heavy atom. The van der Waals surface area contributed by atoms with E-state index in [9.17, 15) is 4.79 Å². The van der Waals surface area contributed by atoms with Crippen LogP contribution >= 0.6 is 12.2 Å². The number of para-hydroxylation sites is 1. The van der Waals surface area contributed by atoms with Gasteiger partial charge in [0.2, 0.25) is 0 Å². The average Bonchev–Trinajstić information content (AvgIpc) is 3.34. The Hall–Kier alpha value is -3.19. The molecule has 2 aromatic carbocycles. The molecule has 0 aliphatic carbocycles. The molecule has 31 heavy (non-hydrogen) atoms. The van der Waals surface area contributed by atoms with E-state index in [0.717, 1.165) is 54.8 Å². The first kappa shape index (κ1) is 19.8. The van der Waals surface area contributed by atoms with Crippen LogP contribution in [0.1, 0.15) is 40.5 Å². The van der Waals surface area contributed by atoms with Crippen LogP contribution in [0.4, 0.5) is 0 Å². The molecule has 158 valence electrons. The van der Waals surface area contributed by atoms with Crippen molar-refractivity contribution in [2.24, 2.45) is 7.05 Å². The van der Waals surface area contributed by atoms with Crippen molar-refractivity contribution in [1.29, 1.82) is 0 Å². The van der Waals surface area contributed by atoms with Crippen LogP contribution in [-0.4, -0.2) is 43.2 Å². The Labute approximate surface area is 186 Å². The van der Waals surface area contributed by atoms with Gasteiger partial charge in [-0.1, -0.05) is 48.5 Å². The molecular formula is C24H25N5OS. The number of hydrogen-bond donors (Lipinski definition) is 1. The Bertz CT molecular complexity index is 1280. The Morgan fingerprint density at radius 2 is 1.81 bits per heavy atom. The van der Waals surface area contributed by atoms with Gasteiger partial charge in [0, 0.05) is 49.7 Å². The number of amides is 1. The first-order valence-electron chi connectivity index (χ1n) is 10.6. The lowest BCUT2D eigenvalue weighted by Crippen LogP contribution is -2.38. The number of H-pyrrole nitrogens is 1. The molecule has 5 rings (SSSR count). The lowest BCUT2D eigenvalue weighted by Gasteiger charge is -2.31. The molecule has 1 saturated heterocycles. The second-order valence-corrected chi connectivity index (χ2v) is 8.57. The fraction of sp³-hybridized carbons (Fsp3) is 0.292. The zero-order valence-corrected chi connectivity index (χ0v) is 18.3. The maximum Gasteiger partial charge on any atom is 0.256 e. The number of rotatable bonds is 4. The summed E-state index contributed by atoms with van der Waals surface area (Å²) in [5, 5.41) is 8.27. The third kappa shape index (κ3) is 3.70. The molecule has 1 fully saturated rings. The maximum absolute atomic E-state index is 13.5. The Morgan fingerprint density at radius 3 is 2.52 bits per heavy atom. The zero-order valence-electron chi connectivity index (χ0n) is 17.5. The number of piperidine rings is 1. The summed E-state index contributed by atoms with van der Waals surface area (Å²) < 4.78 is 4.76. The fourth-order valence-corrected chi connectivity index (χ4v) is 4.70. The number of fused-ring (bicyclic) bond motifs is 1. The summed E-state index contributed by atoms with van der Waals surface area (Å²) in [5.41, 5.74) is 3.09. The Kier molecular flexibility index (Phi) is 5.19. The average molecular weight is 432 g/mol. The summed E-state index contributed by atoms with van der Waals surface area (Å²) in [5.74, 6) is 1.41. The molecule has 0 saturated carbocycles. The van der Waals surface area contributed by atoms with Crippen molar-refractivity contribution < 1.29 is 4.79 Å². The number of nitrogens with zero attached hydrogens (tertiary/aromatic N) is 4. The van der Waals surface area contributed by atoms with Crippen molar-refractivity contribution in [3.8, 4) is 0 Å². The van der Waals surface area contributed by atoms with Crippen LogP contribution in [0.2, 0.25) is 0 Å². The summed E-state index contributed by atoms with van der Waals surface area (Å²) in [6.45, 7) is 2.19. The predicted molar refractivity (Wildman–Crippen MR) is 124 cm³/mol. The van der Waals surface area contributed by atoms with Crippen LogP contribution in [0.15, 0.2) is 60.8 Å². The van der Waals surface area contributed by atoms with E-state index in [0.29, 0.717) is 10.7 Å². The number of carbonyl (C=O) groups excluding carboxylic acids is 1. The van der Waals surface area contributed by atoms with Crippen molar-refractivity contribution >= 4 is 29.0 Å². The van der Waals surface area contributed by atoms with Crippen molar-refractivity contribution in [2.45, 2.75) is 25.3 Å². The summed E-state index contributed by atoms with van der Waals surface area (Å²) in [7, 11) is 1.94. The lowest BCUT2D eigenvalue weighted by atomic mass is 9.95. The molecule has 6 nitrogen and oxygen atoms in total. The molecule has 0 atom stereocenters. The molecule has 1 amide bonds. The van der Waals surface area contributed by atoms with Gasteiger partial charge in [-0.15, -0.1) is 0 Å². The SMILES string of the molecule is Cn1c(C2CCN(C(=O)c3cn(Cc4ccccc4)c4ccccc34)CC2)n[nH]c1=S. The summed E-state index contributed by atoms with van der Waals surface area (Å²) in [6.07, 6.45) is 3.80. The van der Waals surface area contributed by atoms with Crippen LogP contribution in [0, 0.1) is 4.77 Å². The van der Waals surface area contributed by atoms with Crippen molar-refractivity contribution in [3.63, 3.8) is 0 Å². The van der Waals surface area contributed by atoms with Gasteiger partial charge in [0.1, 0.15) is 5.82 Å². The second kappa shape index (κ2) is 8.15. The molecule has 4 aromatic rings. The maximum atomic E-state index is 13.5. The van der Waals surface area contributed by atoms with E-state index in [1.54, 1.807) is 0 Å². The number of hydrogen-bond acceptors (Lipinski definition) is 3.